The van der Waals surface area contributed by atoms with Crippen molar-refractivity contribution in [3.8, 4) is 5.75 Å². The molecule has 1 fully saturated rings. The molecule has 0 amide bonds. The van der Waals surface area contributed by atoms with Gasteiger partial charge in [0.1, 0.15) is 5.75 Å². The number of hydrogen-bond donors (Lipinski definition) is 1. The molecule has 0 bridgehead atoms. The van der Waals surface area contributed by atoms with Crippen LogP contribution in [-0.4, -0.2) is 17.6 Å². The summed E-state index contributed by atoms with van der Waals surface area (Å²) in [6.07, 6.45) is 5.98. The summed E-state index contributed by atoms with van der Waals surface area (Å²) in [5.74, 6) is 1.39. The lowest BCUT2D eigenvalue weighted by atomic mass is 9.84. The van der Waals surface area contributed by atoms with Crippen LogP contribution in [0.3, 0.4) is 0 Å². The van der Waals surface area contributed by atoms with Crippen LogP contribution in [0.2, 0.25) is 0 Å². The zero-order valence-electron chi connectivity index (χ0n) is 12.8. The number of nitrogens with zero attached hydrogens (tertiary/aromatic N) is 1. The number of anilines is 1. The Kier molecular flexibility index (Phi) is 5.42. The Morgan fingerprint density at radius 1 is 1.24 bits per heavy atom. The summed E-state index contributed by atoms with van der Waals surface area (Å²) in [6, 6.07) is 5.32. The molecule has 116 valence electrons. The second-order valence-corrected chi connectivity index (χ2v) is 5.68. The standard InChI is InChI=1S/C16H24N2O3/c1-3-12-5-7-13(8-6-12)17-14-9-15(18(19)20)11-16(10-14)21-4-2/h9-13,17H,3-8H2,1-2H3. The number of nitro groups is 1. The Bertz CT molecular complexity index is 482. The predicted octanol–water partition coefficient (Wildman–Crippen LogP) is 4.37. The summed E-state index contributed by atoms with van der Waals surface area (Å²) in [5.41, 5.74) is 0.860. The van der Waals surface area contributed by atoms with E-state index in [2.05, 4.69) is 12.2 Å². The molecule has 5 nitrogen and oxygen atoms in total. The van der Waals surface area contributed by atoms with Crippen molar-refractivity contribution >= 4 is 11.4 Å². The summed E-state index contributed by atoms with van der Waals surface area (Å²) in [6.45, 7) is 4.62. The van der Waals surface area contributed by atoms with E-state index in [9.17, 15) is 10.1 Å². The zero-order chi connectivity index (χ0) is 15.2. The maximum atomic E-state index is 11.0. The largest absolute Gasteiger partial charge is 0.494 e. The lowest BCUT2D eigenvalue weighted by Crippen LogP contribution is -2.25. The lowest BCUT2D eigenvalue weighted by molar-refractivity contribution is -0.384. The fraction of sp³-hybridized carbons (Fsp3) is 0.625. The van der Waals surface area contributed by atoms with E-state index >= 15 is 0 Å². The van der Waals surface area contributed by atoms with Crippen LogP contribution in [0.4, 0.5) is 11.4 Å². The first-order valence-electron chi connectivity index (χ1n) is 7.81. The molecule has 0 spiro atoms. The maximum Gasteiger partial charge on any atom is 0.275 e. The Balaban J connectivity index is 2.06. The molecule has 5 heteroatoms. The van der Waals surface area contributed by atoms with E-state index in [0.29, 0.717) is 18.4 Å². The van der Waals surface area contributed by atoms with Gasteiger partial charge in [0.05, 0.1) is 17.6 Å². The first kappa shape index (κ1) is 15.6. The number of rotatable bonds is 6. The van der Waals surface area contributed by atoms with Gasteiger partial charge < -0.3 is 10.1 Å². The van der Waals surface area contributed by atoms with Crippen molar-refractivity contribution in [2.24, 2.45) is 5.92 Å². The van der Waals surface area contributed by atoms with Gasteiger partial charge in [-0.15, -0.1) is 0 Å². The third-order valence-electron chi connectivity index (χ3n) is 4.21. The summed E-state index contributed by atoms with van der Waals surface area (Å²) < 4.78 is 5.42. The summed E-state index contributed by atoms with van der Waals surface area (Å²) in [7, 11) is 0. The molecule has 1 aliphatic rings. The van der Waals surface area contributed by atoms with Crippen LogP contribution >= 0.6 is 0 Å². The number of benzene rings is 1. The highest BCUT2D eigenvalue weighted by atomic mass is 16.6. The van der Waals surface area contributed by atoms with Crippen molar-refractivity contribution in [2.45, 2.75) is 52.0 Å². The normalized spacial score (nSPS) is 21.8. The van der Waals surface area contributed by atoms with E-state index in [1.807, 2.05) is 13.0 Å². The highest BCUT2D eigenvalue weighted by Crippen LogP contribution is 2.31. The van der Waals surface area contributed by atoms with Crippen molar-refractivity contribution in [2.75, 3.05) is 11.9 Å². The number of nitrogens with one attached hydrogen (secondary N) is 1. The van der Waals surface area contributed by atoms with Gasteiger partial charge in [-0.2, -0.15) is 0 Å². The molecule has 0 unspecified atom stereocenters. The van der Waals surface area contributed by atoms with Crippen LogP contribution in [-0.2, 0) is 0 Å². The van der Waals surface area contributed by atoms with Gasteiger partial charge in [-0.25, -0.2) is 0 Å². The van der Waals surface area contributed by atoms with Crippen molar-refractivity contribution in [1.82, 2.24) is 0 Å². The Labute approximate surface area is 125 Å². The second kappa shape index (κ2) is 7.29. The number of non-ortho nitro benzene ring substituents is 1. The van der Waals surface area contributed by atoms with E-state index in [4.69, 9.17) is 4.74 Å². The number of ether oxygens (including phenoxy) is 1. The molecule has 1 saturated carbocycles. The van der Waals surface area contributed by atoms with Gasteiger partial charge in [-0.1, -0.05) is 13.3 Å². The molecule has 1 aromatic rings. The van der Waals surface area contributed by atoms with Crippen LogP contribution in [0.25, 0.3) is 0 Å². The van der Waals surface area contributed by atoms with Crippen LogP contribution < -0.4 is 10.1 Å². The maximum absolute atomic E-state index is 11.0. The van der Waals surface area contributed by atoms with Crippen LogP contribution in [0.5, 0.6) is 5.75 Å². The Morgan fingerprint density at radius 2 is 1.95 bits per heavy atom. The van der Waals surface area contributed by atoms with Crippen LogP contribution in [0.1, 0.15) is 46.0 Å². The van der Waals surface area contributed by atoms with Gasteiger partial charge in [0.2, 0.25) is 0 Å². The molecule has 0 heterocycles. The average molecular weight is 292 g/mol. The molecule has 1 N–H and O–H groups in total. The minimum absolute atomic E-state index is 0.0747. The van der Waals surface area contributed by atoms with Gasteiger partial charge in [-0.3, -0.25) is 10.1 Å². The van der Waals surface area contributed by atoms with Gasteiger partial charge in [-0.05, 0) is 38.5 Å². The smallest absolute Gasteiger partial charge is 0.275 e. The lowest BCUT2D eigenvalue weighted by Gasteiger charge is -2.29. The van der Waals surface area contributed by atoms with E-state index in [0.717, 1.165) is 24.4 Å². The topological polar surface area (TPSA) is 64.4 Å². The molecule has 0 radical (unpaired) electrons. The quantitative estimate of drug-likeness (QED) is 0.624. The second-order valence-electron chi connectivity index (χ2n) is 5.68. The minimum Gasteiger partial charge on any atom is -0.494 e. The van der Waals surface area contributed by atoms with Gasteiger partial charge in [0.25, 0.3) is 5.69 Å². The highest BCUT2D eigenvalue weighted by molar-refractivity contribution is 5.56. The SMILES string of the molecule is CCOc1cc(NC2CCC(CC)CC2)cc([N+](=O)[O-])c1. The molecule has 1 aromatic carbocycles. The van der Waals surface area contributed by atoms with Crippen molar-refractivity contribution in [3.05, 3.63) is 28.3 Å². The third kappa shape index (κ3) is 4.34. The van der Waals surface area contributed by atoms with E-state index in [1.54, 1.807) is 6.07 Å². The molecular weight excluding hydrogens is 268 g/mol. The molecule has 0 aliphatic heterocycles. The molecule has 2 rings (SSSR count). The van der Waals surface area contributed by atoms with Crippen molar-refractivity contribution in [3.63, 3.8) is 0 Å². The number of hydrogen-bond acceptors (Lipinski definition) is 4. The van der Waals surface area contributed by atoms with Gasteiger partial charge in [0, 0.05) is 23.9 Å². The first-order valence-corrected chi connectivity index (χ1v) is 7.81. The molecular formula is C16H24N2O3. The zero-order valence-corrected chi connectivity index (χ0v) is 12.8. The summed E-state index contributed by atoms with van der Waals surface area (Å²) in [4.78, 5) is 10.6. The molecule has 21 heavy (non-hydrogen) atoms. The molecule has 0 saturated heterocycles. The van der Waals surface area contributed by atoms with Gasteiger partial charge in [0.15, 0.2) is 0 Å². The minimum atomic E-state index is -0.373. The Hall–Kier alpha value is -1.78. The molecule has 0 atom stereocenters. The van der Waals surface area contributed by atoms with Gasteiger partial charge >= 0.3 is 0 Å². The predicted molar refractivity (Wildman–Crippen MR) is 83.9 cm³/mol. The van der Waals surface area contributed by atoms with Crippen molar-refractivity contribution in [1.29, 1.82) is 0 Å². The highest BCUT2D eigenvalue weighted by Gasteiger charge is 2.20. The molecule has 1 aliphatic carbocycles. The fourth-order valence-corrected chi connectivity index (χ4v) is 2.97. The van der Waals surface area contributed by atoms with Crippen molar-refractivity contribution < 1.29 is 9.66 Å². The van der Waals surface area contributed by atoms with E-state index in [-0.39, 0.29) is 10.6 Å². The average Bonchev–Trinajstić information content (AvgIpc) is 2.48. The Morgan fingerprint density at radius 3 is 2.52 bits per heavy atom. The molecule has 0 aromatic heterocycles. The fourth-order valence-electron chi connectivity index (χ4n) is 2.97. The first-order chi connectivity index (χ1) is 10.1. The number of nitro benzene ring substituents is 1. The summed E-state index contributed by atoms with van der Waals surface area (Å²) in [5, 5.41) is 14.4. The monoisotopic (exact) mass is 292 g/mol. The van der Waals surface area contributed by atoms with Crippen LogP contribution in [0, 0.1) is 16.0 Å². The third-order valence-corrected chi connectivity index (χ3v) is 4.21. The summed E-state index contributed by atoms with van der Waals surface area (Å²) >= 11 is 0. The van der Waals surface area contributed by atoms with Crippen LogP contribution in [0.15, 0.2) is 18.2 Å². The van der Waals surface area contributed by atoms with E-state index < -0.39 is 0 Å². The van der Waals surface area contributed by atoms with E-state index in [1.165, 1.54) is 25.3 Å².